The number of nitrogens with zero attached hydrogens (tertiary/aromatic N) is 2. The van der Waals surface area contributed by atoms with Crippen LogP contribution in [0.5, 0.6) is 0 Å². The second-order valence-electron chi connectivity index (χ2n) is 4.30. The van der Waals surface area contributed by atoms with Gasteiger partial charge in [0.15, 0.2) is 0 Å². The first-order chi connectivity index (χ1) is 6.15. The van der Waals surface area contributed by atoms with Gasteiger partial charge in [-0.3, -0.25) is 4.79 Å². The first kappa shape index (κ1) is 8.73. The second-order valence-corrected chi connectivity index (χ2v) is 4.30. The topological polar surface area (TPSA) is 32.7 Å². The molecular formula is C10H16N2O. The summed E-state index contributed by atoms with van der Waals surface area (Å²) in [5.74, 6) is 0.185. The molecule has 0 aromatic rings. The SMILES string of the molecule is CCCN1N=C(C2(C)CC2)CC1=O. The molecule has 0 unspecified atom stereocenters. The lowest BCUT2D eigenvalue weighted by Gasteiger charge is -2.08. The summed E-state index contributed by atoms with van der Waals surface area (Å²) in [6, 6.07) is 0. The fraction of sp³-hybridized carbons (Fsp3) is 0.800. The Kier molecular flexibility index (Phi) is 1.90. The molecule has 0 saturated heterocycles. The van der Waals surface area contributed by atoms with E-state index in [9.17, 15) is 4.79 Å². The van der Waals surface area contributed by atoms with Gasteiger partial charge in [-0.05, 0) is 19.3 Å². The van der Waals surface area contributed by atoms with Crippen molar-refractivity contribution in [3.63, 3.8) is 0 Å². The molecule has 0 N–H and O–H groups in total. The number of carbonyl (C=O) groups excluding carboxylic acids is 1. The van der Waals surface area contributed by atoms with E-state index in [0.717, 1.165) is 18.7 Å². The number of carbonyl (C=O) groups is 1. The Balaban J connectivity index is 2.07. The van der Waals surface area contributed by atoms with Crippen LogP contribution < -0.4 is 0 Å². The lowest BCUT2D eigenvalue weighted by Crippen LogP contribution is -2.21. The highest BCUT2D eigenvalue weighted by atomic mass is 16.2. The third-order valence-corrected chi connectivity index (χ3v) is 2.98. The van der Waals surface area contributed by atoms with Crippen LogP contribution in [-0.4, -0.2) is 23.2 Å². The molecule has 0 aromatic carbocycles. The fourth-order valence-corrected chi connectivity index (χ4v) is 1.67. The summed E-state index contributed by atoms with van der Waals surface area (Å²) in [6.45, 7) is 5.05. The van der Waals surface area contributed by atoms with Gasteiger partial charge >= 0.3 is 0 Å². The maximum absolute atomic E-state index is 11.5. The Labute approximate surface area is 78.8 Å². The molecule has 1 fully saturated rings. The molecule has 3 nitrogen and oxygen atoms in total. The minimum Gasteiger partial charge on any atom is -0.273 e. The third-order valence-electron chi connectivity index (χ3n) is 2.98. The van der Waals surface area contributed by atoms with E-state index in [1.807, 2.05) is 0 Å². The zero-order valence-electron chi connectivity index (χ0n) is 8.34. The quantitative estimate of drug-likeness (QED) is 0.651. The van der Waals surface area contributed by atoms with Crippen molar-refractivity contribution in [3.05, 3.63) is 0 Å². The number of rotatable bonds is 3. The Morgan fingerprint density at radius 2 is 2.23 bits per heavy atom. The summed E-state index contributed by atoms with van der Waals surface area (Å²) in [5, 5.41) is 6.03. The Bertz CT molecular complexity index is 266. The number of hydrogen-bond donors (Lipinski definition) is 0. The monoisotopic (exact) mass is 180 g/mol. The summed E-state index contributed by atoms with van der Waals surface area (Å²) in [4.78, 5) is 11.5. The molecule has 0 spiro atoms. The van der Waals surface area contributed by atoms with E-state index in [1.54, 1.807) is 5.01 Å². The van der Waals surface area contributed by atoms with Gasteiger partial charge in [0.2, 0.25) is 5.91 Å². The highest BCUT2D eigenvalue weighted by Crippen LogP contribution is 2.48. The summed E-state index contributed by atoms with van der Waals surface area (Å²) < 4.78 is 0. The molecule has 1 amide bonds. The van der Waals surface area contributed by atoms with Crippen molar-refractivity contribution in [2.75, 3.05) is 6.54 Å². The van der Waals surface area contributed by atoms with Crippen LogP contribution in [0.2, 0.25) is 0 Å². The minimum absolute atomic E-state index is 0.185. The molecule has 13 heavy (non-hydrogen) atoms. The largest absolute Gasteiger partial charge is 0.273 e. The standard InChI is InChI=1S/C10H16N2O/c1-3-6-12-9(13)7-8(11-12)10(2)4-5-10/h3-7H2,1-2H3. The first-order valence-corrected chi connectivity index (χ1v) is 5.04. The van der Waals surface area contributed by atoms with Gasteiger partial charge in [0.1, 0.15) is 0 Å². The van der Waals surface area contributed by atoms with Crippen LogP contribution in [0.4, 0.5) is 0 Å². The van der Waals surface area contributed by atoms with E-state index < -0.39 is 0 Å². The third kappa shape index (κ3) is 1.47. The molecule has 0 atom stereocenters. The van der Waals surface area contributed by atoms with Crippen molar-refractivity contribution in [2.45, 2.75) is 39.5 Å². The van der Waals surface area contributed by atoms with E-state index in [-0.39, 0.29) is 11.3 Å². The Morgan fingerprint density at radius 1 is 1.54 bits per heavy atom. The van der Waals surface area contributed by atoms with Gasteiger partial charge in [-0.1, -0.05) is 13.8 Å². The smallest absolute Gasteiger partial charge is 0.248 e. The lowest BCUT2D eigenvalue weighted by molar-refractivity contribution is -0.128. The molecule has 0 radical (unpaired) electrons. The van der Waals surface area contributed by atoms with Gasteiger partial charge in [-0.2, -0.15) is 5.10 Å². The maximum atomic E-state index is 11.5. The highest BCUT2D eigenvalue weighted by Gasteiger charge is 2.45. The van der Waals surface area contributed by atoms with E-state index in [0.29, 0.717) is 6.42 Å². The van der Waals surface area contributed by atoms with Crippen LogP contribution in [0.1, 0.15) is 39.5 Å². The number of hydrazone groups is 1. The summed E-state index contributed by atoms with van der Waals surface area (Å²) in [6.07, 6.45) is 3.97. The molecular weight excluding hydrogens is 164 g/mol. The normalized spacial score (nSPS) is 24.9. The van der Waals surface area contributed by atoms with Gasteiger partial charge in [0, 0.05) is 12.0 Å². The average molecular weight is 180 g/mol. The van der Waals surface area contributed by atoms with Crippen molar-refractivity contribution in [1.29, 1.82) is 0 Å². The number of amides is 1. The molecule has 1 saturated carbocycles. The predicted molar refractivity (Wildman–Crippen MR) is 51.4 cm³/mol. The van der Waals surface area contributed by atoms with E-state index in [4.69, 9.17) is 0 Å². The van der Waals surface area contributed by atoms with Crippen molar-refractivity contribution in [2.24, 2.45) is 10.5 Å². The van der Waals surface area contributed by atoms with Crippen LogP contribution in [0.3, 0.4) is 0 Å². The summed E-state index contributed by atoms with van der Waals surface area (Å²) in [5.41, 5.74) is 1.39. The maximum Gasteiger partial charge on any atom is 0.248 e. The molecule has 0 bridgehead atoms. The molecule has 2 aliphatic rings. The molecule has 1 heterocycles. The first-order valence-electron chi connectivity index (χ1n) is 5.04. The van der Waals surface area contributed by atoms with Crippen LogP contribution in [-0.2, 0) is 4.79 Å². The Hall–Kier alpha value is -0.860. The van der Waals surface area contributed by atoms with Crippen molar-refractivity contribution in [1.82, 2.24) is 5.01 Å². The zero-order valence-corrected chi connectivity index (χ0v) is 8.34. The van der Waals surface area contributed by atoms with E-state index in [1.165, 1.54) is 12.8 Å². The molecule has 1 aliphatic heterocycles. The highest BCUT2D eigenvalue weighted by molar-refractivity contribution is 6.08. The van der Waals surface area contributed by atoms with E-state index >= 15 is 0 Å². The average Bonchev–Trinajstić information content (AvgIpc) is 2.72. The van der Waals surface area contributed by atoms with Gasteiger partial charge in [0.25, 0.3) is 0 Å². The molecule has 3 heteroatoms. The predicted octanol–water partition coefficient (Wildman–Crippen LogP) is 1.78. The van der Waals surface area contributed by atoms with Crippen molar-refractivity contribution < 1.29 is 4.79 Å². The molecule has 1 aliphatic carbocycles. The minimum atomic E-state index is 0.185. The molecule has 2 rings (SSSR count). The van der Waals surface area contributed by atoms with Crippen LogP contribution in [0, 0.1) is 5.41 Å². The summed E-state index contributed by atoms with van der Waals surface area (Å²) in [7, 11) is 0. The van der Waals surface area contributed by atoms with Crippen LogP contribution >= 0.6 is 0 Å². The van der Waals surface area contributed by atoms with Crippen molar-refractivity contribution in [3.8, 4) is 0 Å². The van der Waals surface area contributed by atoms with Gasteiger partial charge in [-0.25, -0.2) is 5.01 Å². The molecule has 72 valence electrons. The number of hydrogen-bond acceptors (Lipinski definition) is 2. The second kappa shape index (κ2) is 2.82. The van der Waals surface area contributed by atoms with Gasteiger partial charge in [-0.15, -0.1) is 0 Å². The zero-order chi connectivity index (χ0) is 9.47. The Morgan fingerprint density at radius 3 is 2.77 bits per heavy atom. The fourth-order valence-electron chi connectivity index (χ4n) is 1.67. The van der Waals surface area contributed by atoms with Crippen molar-refractivity contribution >= 4 is 11.6 Å². The van der Waals surface area contributed by atoms with Crippen LogP contribution in [0.15, 0.2) is 5.10 Å². The van der Waals surface area contributed by atoms with Gasteiger partial charge in [0.05, 0.1) is 12.1 Å². The van der Waals surface area contributed by atoms with E-state index in [2.05, 4.69) is 18.9 Å². The lowest BCUT2D eigenvalue weighted by atomic mass is 10.0. The molecule has 0 aromatic heterocycles. The van der Waals surface area contributed by atoms with Crippen LogP contribution in [0.25, 0.3) is 0 Å². The van der Waals surface area contributed by atoms with Gasteiger partial charge < -0.3 is 0 Å². The summed E-state index contributed by atoms with van der Waals surface area (Å²) >= 11 is 0.